The fourth-order valence-electron chi connectivity index (χ4n) is 4.23. The summed E-state index contributed by atoms with van der Waals surface area (Å²) in [5.41, 5.74) is 5.02. The molecule has 2 aliphatic rings. The molecule has 0 saturated carbocycles. The SMILES string of the molecule is CN(CC1CCNCC1)C(=O)OCC1c2ccccc2-c2ccccc21. The maximum Gasteiger partial charge on any atom is 0.409 e. The maximum atomic E-state index is 12.5. The normalized spacial score (nSPS) is 16.8. The zero-order valence-electron chi connectivity index (χ0n) is 15.3. The molecule has 1 amide bonds. The first-order valence-corrected chi connectivity index (χ1v) is 9.51. The Morgan fingerprint density at radius 3 is 2.23 bits per heavy atom. The van der Waals surface area contributed by atoms with Gasteiger partial charge < -0.3 is 15.0 Å². The standard InChI is InChI=1S/C22H26N2O2/c1-24(14-16-10-12-23-13-11-16)22(25)26-15-21-19-8-4-2-6-17(19)18-7-3-5-9-20(18)21/h2-9,16,21,23H,10-15H2,1H3. The van der Waals surface area contributed by atoms with Crippen molar-refractivity contribution in [3.8, 4) is 11.1 Å². The highest BCUT2D eigenvalue weighted by Gasteiger charge is 2.29. The second kappa shape index (κ2) is 7.50. The minimum absolute atomic E-state index is 0.124. The van der Waals surface area contributed by atoms with Crippen LogP contribution in [0.2, 0.25) is 0 Å². The van der Waals surface area contributed by atoms with E-state index in [9.17, 15) is 4.79 Å². The number of ether oxygens (including phenoxy) is 1. The van der Waals surface area contributed by atoms with E-state index in [4.69, 9.17) is 4.74 Å². The average Bonchev–Trinajstić information content (AvgIpc) is 3.01. The van der Waals surface area contributed by atoms with Gasteiger partial charge in [-0.15, -0.1) is 0 Å². The van der Waals surface area contributed by atoms with Crippen molar-refractivity contribution in [2.24, 2.45) is 5.92 Å². The first kappa shape index (κ1) is 17.1. The van der Waals surface area contributed by atoms with Gasteiger partial charge in [0.2, 0.25) is 0 Å². The summed E-state index contributed by atoms with van der Waals surface area (Å²) in [4.78, 5) is 14.2. The first-order chi connectivity index (χ1) is 12.7. The molecular formula is C22H26N2O2. The molecule has 0 bridgehead atoms. The van der Waals surface area contributed by atoms with Crippen LogP contribution in [-0.2, 0) is 4.74 Å². The summed E-state index contributed by atoms with van der Waals surface area (Å²) in [6.45, 7) is 3.26. The van der Waals surface area contributed by atoms with E-state index >= 15 is 0 Å². The molecule has 0 radical (unpaired) electrons. The lowest BCUT2D eigenvalue weighted by molar-refractivity contribution is 0.101. The molecule has 1 aliphatic heterocycles. The number of nitrogens with zero attached hydrogens (tertiary/aromatic N) is 1. The van der Waals surface area contributed by atoms with Gasteiger partial charge in [-0.25, -0.2) is 4.79 Å². The van der Waals surface area contributed by atoms with Crippen LogP contribution in [0.15, 0.2) is 48.5 Å². The van der Waals surface area contributed by atoms with Crippen LogP contribution in [0, 0.1) is 5.92 Å². The molecule has 1 N–H and O–H groups in total. The molecule has 4 nitrogen and oxygen atoms in total. The Hall–Kier alpha value is -2.33. The highest BCUT2D eigenvalue weighted by Crippen LogP contribution is 2.44. The smallest absolute Gasteiger partial charge is 0.409 e. The summed E-state index contributed by atoms with van der Waals surface area (Å²) >= 11 is 0. The zero-order valence-corrected chi connectivity index (χ0v) is 15.3. The Balaban J connectivity index is 1.42. The van der Waals surface area contributed by atoms with E-state index in [1.54, 1.807) is 4.90 Å². The fourth-order valence-corrected chi connectivity index (χ4v) is 4.23. The molecule has 1 saturated heterocycles. The van der Waals surface area contributed by atoms with Gasteiger partial charge in [0.1, 0.15) is 6.61 Å². The second-order valence-corrected chi connectivity index (χ2v) is 7.38. The van der Waals surface area contributed by atoms with Crippen LogP contribution >= 0.6 is 0 Å². The molecule has 0 aromatic heterocycles. The van der Waals surface area contributed by atoms with Crippen molar-refractivity contribution in [3.05, 3.63) is 59.7 Å². The Bertz CT molecular complexity index is 738. The third-order valence-electron chi connectivity index (χ3n) is 5.64. The van der Waals surface area contributed by atoms with Gasteiger partial charge in [-0.05, 0) is 54.1 Å². The average molecular weight is 350 g/mol. The van der Waals surface area contributed by atoms with Crippen LogP contribution in [-0.4, -0.2) is 44.3 Å². The molecule has 4 rings (SSSR count). The molecule has 0 atom stereocenters. The number of benzene rings is 2. The van der Waals surface area contributed by atoms with Gasteiger partial charge in [-0.3, -0.25) is 0 Å². The highest BCUT2D eigenvalue weighted by molar-refractivity contribution is 5.79. The van der Waals surface area contributed by atoms with Crippen molar-refractivity contribution < 1.29 is 9.53 Å². The van der Waals surface area contributed by atoms with E-state index in [1.165, 1.54) is 22.3 Å². The molecule has 4 heteroatoms. The van der Waals surface area contributed by atoms with E-state index in [0.717, 1.165) is 32.5 Å². The minimum Gasteiger partial charge on any atom is -0.448 e. The number of rotatable bonds is 4. The van der Waals surface area contributed by atoms with Crippen LogP contribution in [0.3, 0.4) is 0 Å². The van der Waals surface area contributed by atoms with Gasteiger partial charge >= 0.3 is 6.09 Å². The summed E-state index contributed by atoms with van der Waals surface area (Å²) in [7, 11) is 1.85. The molecular weight excluding hydrogens is 324 g/mol. The van der Waals surface area contributed by atoms with Gasteiger partial charge in [0.05, 0.1) is 0 Å². The van der Waals surface area contributed by atoms with Gasteiger partial charge in [-0.1, -0.05) is 48.5 Å². The van der Waals surface area contributed by atoms with Crippen LogP contribution in [0.4, 0.5) is 4.79 Å². The number of hydrogen-bond donors (Lipinski definition) is 1. The highest BCUT2D eigenvalue weighted by atomic mass is 16.6. The van der Waals surface area contributed by atoms with E-state index in [1.807, 2.05) is 7.05 Å². The van der Waals surface area contributed by atoms with Crippen LogP contribution in [0.5, 0.6) is 0 Å². The minimum atomic E-state index is -0.217. The first-order valence-electron chi connectivity index (χ1n) is 9.51. The summed E-state index contributed by atoms with van der Waals surface area (Å²) in [5.74, 6) is 0.695. The second-order valence-electron chi connectivity index (χ2n) is 7.38. The molecule has 136 valence electrons. The molecule has 0 unspecified atom stereocenters. The van der Waals surface area contributed by atoms with Crippen molar-refractivity contribution in [2.75, 3.05) is 33.3 Å². The van der Waals surface area contributed by atoms with Crippen LogP contribution < -0.4 is 5.32 Å². The Kier molecular flexibility index (Phi) is 4.93. The number of carbonyl (C=O) groups excluding carboxylic acids is 1. The van der Waals surface area contributed by atoms with Gasteiger partial charge in [0.25, 0.3) is 0 Å². The third kappa shape index (κ3) is 3.34. The zero-order chi connectivity index (χ0) is 17.9. The molecule has 1 heterocycles. The Morgan fingerprint density at radius 1 is 1.04 bits per heavy atom. The quantitative estimate of drug-likeness (QED) is 0.910. The van der Waals surface area contributed by atoms with Gasteiger partial charge in [0, 0.05) is 19.5 Å². The molecule has 2 aromatic carbocycles. The van der Waals surface area contributed by atoms with Gasteiger partial charge in [0.15, 0.2) is 0 Å². The molecule has 2 aromatic rings. The van der Waals surface area contributed by atoms with Crippen molar-refractivity contribution >= 4 is 6.09 Å². The third-order valence-corrected chi connectivity index (χ3v) is 5.64. The lowest BCUT2D eigenvalue weighted by Gasteiger charge is -2.27. The van der Waals surface area contributed by atoms with Gasteiger partial charge in [-0.2, -0.15) is 0 Å². The predicted molar refractivity (Wildman–Crippen MR) is 103 cm³/mol. The number of nitrogens with one attached hydrogen (secondary N) is 1. The van der Waals surface area contributed by atoms with Crippen molar-refractivity contribution in [3.63, 3.8) is 0 Å². The largest absolute Gasteiger partial charge is 0.448 e. The van der Waals surface area contributed by atoms with E-state index in [0.29, 0.717) is 12.5 Å². The monoisotopic (exact) mass is 350 g/mol. The van der Waals surface area contributed by atoms with Crippen molar-refractivity contribution in [1.29, 1.82) is 0 Å². The summed E-state index contributed by atoms with van der Waals surface area (Å²) < 4.78 is 5.71. The Labute approximate surface area is 155 Å². The van der Waals surface area contributed by atoms with E-state index in [-0.39, 0.29) is 12.0 Å². The molecule has 1 aliphatic carbocycles. The fraction of sp³-hybridized carbons (Fsp3) is 0.409. The lowest BCUT2D eigenvalue weighted by atomic mass is 9.98. The summed E-state index contributed by atoms with van der Waals surface area (Å²) in [5, 5.41) is 3.36. The molecule has 1 fully saturated rings. The van der Waals surface area contributed by atoms with E-state index < -0.39 is 0 Å². The van der Waals surface area contributed by atoms with Crippen LogP contribution in [0.1, 0.15) is 29.9 Å². The maximum absolute atomic E-state index is 12.5. The summed E-state index contributed by atoms with van der Waals surface area (Å²) in [6, 6.07) is 16.8. The molecule has 26 heavy (non-hydrogen) atoms. The van der Waals surface area contributed by atoms with E-state index in [2.05, 4.69) is 53.8 Å². The topological polar surface area (TPSA) is 41.6 Å². The predicted octanol–water partition coefficient (Wildman–Crippen LogP) is 3.87. The number of hydrogen-bond acceptors (Lipinski definition) is 3. The van der Waals surface area contributed by atoms with Crippen molar-refractivity contribution in [1.82, 2.24) is 10.2 Å². The lowest BCUT2D eigenvalue weighted by Crippen LogP contribution is -2.37. The number of fused-ring (bicyclic) bond motifs is 3. The van der Waals surface area contributed by atoms with Crippen molar-refractivity contribution in [2.45, 2.75) is 18.8 Å². The van der Waals surface area contributed by atoms with Crippen LogP contribution in [0.25, 0.3) is 11.1 Å². The number of carbonyl (C=O) groups is 1. The Morgan fingerprint density at radius 2 is 1.62 bits per heavy atom. The molecule has 0 spiro atoms. The number of amides is 1. The summed E-state index contributed by atoms with van der Waals surface area (Å²) in [6.07, 6.45) is 2.03. The number of piperidine rings is 1.